The molecule has 2 atom stereocenters. The summed E-state index contributed by atoms with van der Waals surface area (Å²) in [5.74, 6) is 0. The molecule has 0 aromatic carbocycles. The summed E-state index contributed by atoms with van der Waals surface area (Å²) in [6, 6.07) is 1.67. The fraction of sp³-hybridized carbons (Fsp3) is 1.00. The predicted octanol–water partition coefficient (Wildman–Crippen LogP) is 5.05. The van der Waals surface area contributed by atoms with Crippen LogP contribution in [0.4, 0.5) is 0 Å². The Kier molecular flexibility index (Phi) is 5.54. The highest BCUT2D eigenvalue weighted by atomic mass is 15.0. The second kappa shape index (κ2) is 6.93. The summed E-state index contributed by atoms with van der Waals surface area (Å²) in [4.78, 5) is 0. The first-order chi connectivity index (χ1) is 8.80. The van der Waals surface area contributed by atoms with Crippen molar-refractivity contribution in [2.45, 2.75) is 103 Å². The molecule has 0 bridgehead atoms. The highest BCUT2D eigenvalue weighted by Crippen LogP contribution is 2.51. The molecule has 0 aromatic rings. The number of unbranched alkanes of at least 4 members (excludes halogenated alkanes) is 1. The van der Waals surface area contributed by atoms with Crippen LogP contribution >= 0.6 is 0 Å². The van der Waals surface area contributed by atoms with Gasteiger partial charge in [0.05, 0.1) is 0 Å². The van der Waals surface area contributed by atoms with E-state index in [2.05, 4.69) is 19.2 Å². The average Bonchev–Trinajstić information content (AvgIpc) is 2.41. The molecule has 18 heavy (non-hydrogen) atoms. The molecule has 1 N–H and O–H groups in total. The lowest BCUT2D eigenvalue weighted by Crippen LogP contribution is -2.56. The lowest BCUT2D eigenvalue weighted by Gasteiger charge is -2.53. The first-order valence-corrected chi connectivity index (χ1v) is 8.57. The summed E-state index contributed by atoms with van der Waals surface area (Å²) in [5, 5.41) is 4.05. The van der Waals surface area contributed by atoms with Crippen molar-refractivity contribution in [2.24, 2.45) is 5.41 Å². The quantitative estimate of drug-likeness (QED) is 0.668. The lowest BCUT2D eigenvalue weighted by atomic mass is 9.57. The van der Waals surface area contributed by atoms with Crippen LogP contribution in [0.25, 0.3) is 0 Å². The Morgan fingerprint density at radius 2 is 1.78 bits per heavy atom. The Morgan fingerprint density at radius 1 is 1.00 bits per heavy atom. The minimum atomic E-state index is 0.733. The molecule has 0 aromatic heterocycles. The van der Waals surface area contributed by atoms with Gasteiger partial charge in [-0.3, -0.25) is 0 Å². The van der Waals surface area contributed by atoms with E-state index in [1.165, 1.54) is 77.0 Å². The zero-order chi connectivity index (χ0) is 12.8. The van der Waals surface area contributed by atoms with Crippen LogP contribution in [0.5, 0.6) is 0 Å². The molecule has 1 spiro atoms. The summed E-state index contributed by atoms with van der Waals surface area (Å²) >= 11 is 0. The van der Waals surface area contributed by atoms with Crippen molar-refractivity contribution in [1.82, 2.24) is 5.32 Å². The normalized spacial score (nSPS) is 28.0. The third kappa shape index (κ3) is 3.29. The molecule has 1 heteroatoms. The van der Waals surface area contributed by atoms with Crippen LogP contribution in [0.1, 0.15) is 90.9 Å². The van der Waals surface area contributed by atoms with Gasteiger partial charge in [-0.2, -0.15) is 0 Å². The van der Waals surface area contributed by atoms with Gasteiger partial charge in [0.25, 0.3) is 0 Å². The number of rotatable bonds is 7. The van der Waals surface area contributed by atoms with E-state index in [0.29, 0.717) is 0 Å². The Bertz CT molecular complexity index is 230. The molecule has 2 aliphatic rings. The number of nitrogens with one attached hydrogen (secondary N) is 1. The summed E-state index contributed by atoms with van der Waals surface area (Å²) in [7, 11) is 0. The van der Waals surface area contributed by atoms with E-state index in [1.807, 2.05) is 0 Å². The summed E-state index contributed by atoms with van der Waals surface area (Å²) in [6.45, 7) is 4.65. The zero-order valence-electron chi connectivity index (χ0n) is 12.6. The van der Waals surface area contributed by atoms with Crippen LogP contribution in [0.3, 0.4) is 0 Å². The van der Waals surface area contributed by atoms with Crippen molar-refractivity contribution < 1.29 is 0 Å². The topological polar surface area (TPSA) is 12.0 Å². The Hall–Kier alpha value is -0.0400. The minimum absolute atomic E-state index is 0.733. The van der Waals surface area contributed by atoms with Crippen LogP contribution in [0.15, 0.2) is 0 Å². The molecule has 0 amide bonds. The van der Waals surface area contributed by atoms with Crippen molar-refractivity contribution >= 4 is 0 Å². The van der Waals surface area contributed by atoms with Crippen molar-refractivity contribution in [2.75, 3.05) is 0 Å². The van der Waals surface area contributed by atoms with Crippen LogP contribution < -0.4 is 5.32 Å². The lowest BCUT2D eigenvalue weighted by molar-refractivity contribution is 0.0149. The van der Waals surface area contributed by atoms with Crippen LogP contribution in [-0.2, 0) is 0 Å². The molecular weight excluding hydrogens is 218 g/mol. The maximum Gasteiger partial charge on any atom is 0.0126 e. The number of hydrogen-bond acceptors (Lipinski definition) is 1. The molecule has 2 saturated carbocycles. The first-order valence-electron chi connectivity index (χ1n) is 8.57. The molecule has 0 heterocycles. The second-order valence-corrected chi connectivity index (χ2v) is 6.81. The minimum Gasteiger partial charge on any atom is -0.311 e. The first kappa shape index (κ1) is 14.4. The van der Waals surface area contributed by atoms with Gasteiger partial charge in [0.1, 0.15) is 0 Å². The highest BCUT2D eigenvalue weighted by Gasteiger charge is 2.46. The van der Waals surface area contributed by atoms with E-state index in [1.54, 1.807) is 0 Å². The monoisotopic (exact) mass is 251 g/mol. The molecule has 0 saturated heterocycles. The summed E-state index contributed by atoms with van der Waals surface area (Å²) < 4.78 is 0. The van der Waals surface area contributed by atoms with Gasteiger partial charge in [-0.15, -0.1) is 0 Å². The van der Waals surface area contributed by atoms with Gasteiger partial charge >= 0.3 is 0 Å². The van der Waals surface area contributed by atoms with Crippen molar-refractivity contribution in [3.8, 4) is 0 Å². The van der Waals surface area contributed by atoms with Crippen LogP contribution in [0.2, 0.25) is 0 Å². The maximum atomic E-state index is 4.05. The smallest absolute Gasteiger partial charge is 0.0126 e. The SMILES string of the molecule is CCCCC(CCC)NC1CCC12CCCCC2. The van der Waals surface area contributed by atoms with Crippen molar-refractivity contribution in [3.63, 3.8) is 0 Å². The Morgan fingerprint density at radius 3 is 2.33 bits per heavy atom. The summed E-state index contributed by atoms with van der Waals surface area (Å²) in [5.41, 5.74) is 0.733. The van der Waals surface area contributed by atoms with Gasteiger partial charge in [-0.25, -0.2) is 0 Å². The van der Waals surface area contributed by atoms with Gasteiger partial charge in [-0.1, -0.05) is 52.4 Å². The molecule has 0 radical (unpaired) electrons. The molecule has 0 aliphatic heterocycles. The van der Waals surface area contributed by atoms with E-state index in [0.717, 1.165) is 17.5 Å². The van der Waals surface area contributed by atoms with Gasteiger partial charge in [-0.05, 0) is 43.9 Å². The summed E-state index contributed by atoms with van der Waals surface area (Å²) in [6.07, 6.45) is 17.3. The fourth-order valence-corrected chi connectivity index (χ4v) is 4.21. The average molecular weight is 251 g/mol. The van der Waals surface area contributed by atoms with Crippen molar-refractivity contribution in [1.29, 1.82) is 0 Å². The third-order valence-electron chi connectivity index (χ3n) is 5.50. The van der Waals surface area contributed by atoms with Gasteiger partial charge in [0, 0.05) is 12.1 Å². The molecule has 2 rings (SSSR count). The largest absolute Gasteiger partial charge is 0.311 e. The van der Waals surface area contributed by atoms with Gasteiger partial charge in [0.2, 0.25) is 0 Å². The second-order valence-electron chi connectivity index (χ2n) is 6.81. The molecule has 1 nitrogen and oxygen atoms in total. The van der Waals surface area contributed by atoms with Crippen LogP contribution in [0, 0.1) is 5.41 Å². The van der Waals surface area contributed by atoms with Gasteiger partial charge < -0.3 is 5.32 Å². The Balaban J connectivity index is 1.82. The number of hydrogen-bond donors (Lipinski definition) is 1. The predicted molar refractivity (Wildman–Crippen MR) is 79.9 cm³/mol. The van der Waals surface area contributed by atoms with E-state index in [-0.39, 0.29) is 0 Å². The fourth-order valence-electron chi connectivity index (χ4n) is 4.21. The van der Waals surface area contributed by atoms with E-state index < -0.39 is 0 Å². The third-order valence-corrected chi connectivity index (χ3v) is 5.50. The molecular formula is C17H33N. The molecule has 2 fully saturated rings. The van der Waals surface area contributed by atoms with E-state index in [4.69, 9.17) is 0 Å². The Labute approximate surface area is 114 Å². The van der Waals surface area contributed by atoms with E-state index >= 15 is 0 Å². The standard InChI is InChI=1S/C17H33N/c1-3-5-10-15(9-4-2)18-16-11-14-17(16)12-7-6-8-13-17/h15-16,18H,3-14H2,1-2H3. The van der Waals surface area contributed by atoms with Crippen molar-refractivity contribution in [3.05, 3.63) is 0 Å². The molecule has 106 valence electrons. The zero-order valence-corrected chi connectivity index (χ0v) is 12.6. The molecule has 2 unspecified atom stereocenters. The van der Waals surface area contributed by atoms with Crippen LogP contribution in [-0.4, -0.2) is 12.1 Å². The molecule has 2 aliphatic carbocycles. The highest BCUT2D eigenvalue weighted by molar-refractivity contribution is 5.02. The van der Waals surface area contributed by atoms with E-state index in [9.17, 15) is 0 Å². The van der Waals surface area contributed by atoms with Gasteiger partial charge in [0.15, 0.2) is 0 Å². The maximum absolute atomic E-state index is 4.05.